The van der Waals surface area contributed by atoms with E-state index in [1.807, 2.05) is 6.08 Å². The number of phenols is 1. The summed E-state index contributed by atoms with van der Waals surface area (Å²) in [6, 6.07) is 5.68. The smallest absolute Gasteiger partial charge is 0.244 e. The van der Waals surface area contributed by atoms with E-state index in [4.69, 9.17) is 5.73 Å². The van der Waals surface area contributed by atoms with Crippen LogP contribution in [0.25, 0.3) is 0 Å². The molecule has 1 unspecified atom stereocenters. The van der Waals surface area contributed by atoms with Crippen molar-refractivity contribution in [3.05, 3.63) is 42.0 Å². The Balaban J connectivity index is 1.80. The highest BCUT2D eigenvalue weighted by atomic mass is 16.3. The van der Waals surface area contributed by atoms with Crippen LogP contribution in [0.15, 0.2) is 36.4 Å². The number of phenolic OH excluding ortho intramolecular Hbond substituents is 1. The number of allylic oxidation sites excluding steroid dienone is 1. The topological polar surface area (TPSA) is 122 Å². The second kappa shape index (κ2) is 11.1. The maximum Gasteiger partial charge on any atom is 0.244 e. The van der Waals surface area contributed by atoms with Crippen LogP contribution in [0.4, 0.5) is 0 Å². The third-order valence-corrected chi connectivity index (χ3v) is 4.90. The van der Waals surface area contributed by atoms with E-state index in [0.29, 0.717) is 18.9 Å². The predicted octanol–water partition coefficient (Wildman–Crippen LogP) is 1.55. The number of benzene rings is 1. The molecule has 0 radical (unpaired) electrons. The number of carbonyl (C=O) groups is 3. The summed E-state index contributed by atoms with van der Waals surface area (Å²) in [5, 5.41) is 14.5. The monoisotopic (exact) mass is 387 g/mol. The van der Waals surface area contributed by atoms with E-state index >= 15 is 0 Å². The number of nitrogens with two attached hydrogens (primary N) is 1. The predicted molar refractivity (Wildman–Crippen MR) is 106 cm³/mol. The molecule has 5 N–H and O–H groups in total. The third kappa shape index (κ3) is 7.82. The van der Waals surface area contributed by atoms with Crippen molar-refractivity contribution in [1.29, 1.82) is 0 Å². The molecule has 0 heterocycles. The molecule has 0 aliphatic heterocycles. The summed E-state index contributed by atoms with van der Waals surface area (Å²) in [6.45, 7) is 0.340. The van der Waals surface area contributed by atoms with Gasteiger partial charge in [0.1, 0.15) is 11.8 Å². The third-order valence-electron chi connectivity index (χ3n) is 4.90. The molecule has 0 aromatic heterocycles. The Hall–Kier alpha value is -2.83. The zero-order chi connectivity index (χ0) is 20.4. The second-order valence-corrected chi connectivity index (χ2v) is 7.23. The summed E-state index contributed by atoms with van der Waals surface area (Å²) >= 11 is 0. The zero-order valence-corrected chi connectivity index (χ0v) is 16.0. The number of nitrogens with one attached hydrogen (secondary N) is 2. The molecule has 7 heteroatoms. The van der Waals surface area contributed by atoms with Crippen LogP contribution in [0.3, 0.4) is 0 Å². The first kappa shape index (κ1) is 21.5. The van der Waals surface area contributed by atoms with Gasteiger partial charge in [-0.15, -0.1) is 0 Å². The average Bonchev–Trinajstić information content (AvgIpc) is 3.16. The first-order chi connectivity index (χ1) is 13.4. The van der Waals surface area contributed by atoms with Gasteiger partial charge in [-0.3, -0.25) is 14.4 Å². The fourth-order valence-corrected chi connectivity index (χ4v) is 3.36. The van der Waals surface area contributed by atoms with Crippen molar-refractivity contribution in [2.75, 3.05) is 6.54 Å². The van der Waals surface area contributed by atoms with Crippen LogP contribution in [0.5, 0.6) is 5.75 Å². The molecule has 1 aliphatic carbocycles. The van der Waals surface area contributed by atoms with Crippen LogP contribution in [0.2, 0.25) is 0 Å². The molecule has 3 amide bonds. The number of hydrogen-bond acceptors (Lipinski definition) is 4. The highest BCUT2D eigenvalue weighted by molar-refractivity contribution is 5.95. The van der Waals surface area contributed by atoms with Gasteiger partial charge in [-0.05, 0) is 42.5 Å². The lowest BCUT2D eigenvalue weighted by molar-refractivity contribution is -0.129. The van der Waals surface area contributed by atoms with E-state index in [1.54, 1.807) is 24.3 Å². The molecule has 1 saturated carbocycles. The van der Waals surface area contributed by atoms with Crippen molar-refractivity contribution in [3.63, 3.8) is 0 Å². The molecular formula is C21H29N3O4. The molecule has 0 saturated heterocycles. The fourth-order valence-electron chi connectivity index (χ4n) is 3.36. The van der Waals surface area contributed by atoms with Gasteiger partial charge in [0.25, 0.3) is 0 Å². The number of aromatic hydroxyl groups is 1. The average molecular weight is 387 g/mol. The van der Waals surface area contributed by atoms with Crippen molar-refractivity contribution < 1.29 is 19.5 Å². The van der Waals surface area contributed by atoms with Crippen LogP contribution >= 0.6 is 0 Å². The van der Waals surface area contributed by atoms with Crippen molar-refractivity contribution in [1.82, 2.24) is 10.6 Å². The minimum Gasteiger partial charge on any atom is -0.508 e. The van der Waals surface area contributed by atoms with Crippen molar-refractivity contribution in [2.45, 2.75) is 51.0 Å². The van der Waals surface area contributed by atoms with E-state index in [0.717, 1.165) is 12.0 Å². The van der Waals surface area contributed by atoms with Gasteiger partial charge in [0.05, 0.1) is 6.42 Å². The Morgan fingerprint density at radius 2 is 1.86 bits per heavy atom. The minimum absolute atomic E-state index is 0.179. The van der Waals surface area contributed by atoms with E-state index in [2.05, 4.69) is 10.6 Å². The Kier molecular flexibility index (Phi) is 8.52. The first-order valence-electron chi connectivity index (χ1n) is 9.75. The molecule has 152 valence electrons. The van der Waals surface area contributed by atoms with Gasteiger partial charge in [-0.1, -0.05) is 43.9 Å². The maximum absolute atomic E-state index is 12.3. The second-order valence-electron chi connectivity index (χ2n) is 7.23. The van der Waals surface area contributed by atoms with Crippen LogP contribution in [-0.4, -0.2) is 35.4 Å². The molecule has 28 heavy (non-hydrogen) atoms. The molecule has 2 rings (SSSR count). The van der Waals surface area contributed by atoms with Crippen LogP contribution in [-0.2, 0) is 20.8 Å². The lowest BCUT2D eigenvalue weighted by Gasteiger charge is -2.16. The van der Waals surface area contributed by atoms with Crippen molar-refractivity contribution in [3.8, 4) is 5.75 Å². The normalized spacial score (nSPS) is 15.4. The van der Waals surface area contributed by atoms with Gasteiger partial charge in [0, 0.05) is 6.54 Å². The van der Waals surface area contributed by atoms with E-state index < -0.39 is 23.8 Å². The van der Waals surface area contributed by atoms with Crippen molar-refractivity contribution >= 4 is 17.7 Å². The summed E-state index contributed by atoms with van der Waals surface area (Å²) in [5.41, 5.74) is 6.16. The number of carbonyl (C=O) groups excluding carboxylic acids is 3. The zero-order valence-electron chi connectivity index (χ0n) is 16.0. The molecule has 1 fully saturated rings. The minimum atomic E-state index is -0.999. The van der Waals surface area contributed by atoms with Crippen LogP contribution < -0.4 is 16.4 Å². The van der Waals surface area contributed by atoms with Gasteiger partial charge in [0.15, 0.2) is 0 Å². The number of primary amides is 1. The Morgan fingerprint density at radius 3 is 2.50 bits per heavy atom. The summed E-state index contributed by atoms with van der Waals surface area (Å²) in [7, 11) is 0. The first-order valence-corrected chi connectivity index (χ1v) is 9.75. The van der Waals surface area contributed by atoms with E-state index in [9.17, 15) is 19.5 Å². The molecule has 1 aliphatic rings. The van der Waals surface area contributed by atoms with Gasteiger partial charge < -0.3 is 21.5 Å². The highest BCUT2D eigenvalue weighted by Gasteiger charge is 2.22. The SMILES string of the molecule is NC(=O)CC(NC(=O)C=CCC1CCCC1)C(=O)NCCc1ccc(O)cc1. The number of rotatable bonds is 10. The van der Waals surface area contributed by atoms with Gasteiger partial charge in [-0.25, -0.2) is 0 Å². The fraction of sp³-hybridized carbons (Fsp3) is 0.476. The molecule has 1 aromatic carbocycles. The summed E-state index contributed by atoms with van der Waals surface area (Å²) in [6.07, 6.45) is 9.29. The van der Waals surface area contributed by atoms with Gasteiger partial charge >= 0.3 is 0 Å². The molecule has 1 atom stereocenters. The van der Waals surface area contributed by atoms with E-state index in [1.165, 1.54) is 31.8 Å². The van der Waals surface area contributed by atoms with Gasteiger partial charge in [-0.2, -0.15) is 0 Å². The molecule has 7 nitrogen and oxygen atoms in total. The van der Waals surface area contributed by atoms with Crippen molar-refractivity contribution in [2.24, 2.45) is 11.7 Å². The number of hydrogen-bond donors (Lipinski definition) is 4. The molecule has 1 aromatic rings. The lowest BCUT2D eigenvalue weighted by atomic mass is 10.0. The quantitative estimate of drug-likeness (QED) is 0.455. The lowest BCUT2D eigenvalue weighted by Crippen LogP contribution is -2.48. The standard InChI is InChI=1S/C21H29N3O4/c22-19(26)14-18(24-20(27)7-3-6-15-4-1-2-5-15)21(28)23-13-12-16-8-10-17(25)11-9-16/h3,7-11,15,18,25H,1-2,4-6,12-14H2,(H2,22,26)(H,23,28)(H,24,27). The van der Waals surface area contributed by atoms with Crippen LogP contribution in [0, 0.1) is 5.92 Å². The largest absolute Gasteiger partial charge is 0.508 e. The van der Waals surface area contributed by atoms with Gasteiger partial charge in [0.2, 0.25) is 17.7 Å². The summed E-state index contributed by atoms with van der Waals surface area (Å²) < 4.78 is 0. The number of amides is 3. The summed E-state index contributed by atoms with van der Waals surface area (Å²) in [4.78, 5) is 35.7. The maximum atomic E-state index is 12.3. The Morgan fingerprint density at radius 1 is 1.18 bits per heavy atom. The molecule has 0 bridgehead atoms. The summed E-state index contributed by atoms with van der Waals surface area (Å²) in [5.74, 6) is -0.700. The molecular weight excluding hydrogens is 358 g/mol. The Bertz CT molecular complexity index is 694. The Labute approximate surface area is 165 Å². The highest BCUT2D eigenvalue weighted by Crippen LogP contribution is 2.27. The van der Waals surface area contributed by atoms with Crippen LogP contribution in [0.1, 0.15) is 44.1 Å². The molecule has 0 spiro atoms. The van der Waals surface area contributed by atoms with E-state index in [-0.39, 0.29) is 12.2 Å².